The molecule has 2 atom stereocenters. The van der Waals surface area contributed by atoms with Crippen LogP contribution in [0.4, 0.5) is 5.69 Å². The summed E-state index contributed by atoms with van der Waals surface area (Å²) in [7, 11) is 0. The van der Waals surface area contributed by atoms with E-state index in [2.05, 4.69) is 27.7 Å². The third kappa shape index (κ3) is 4.71. The van der Waals surface area contributed by atoms with Crippen LogP contribution in [0.15, 0.2) is 30.3 Å². The Bertz CT molecular complexity index is 551. The van der Waals surface area contributed by atoms with Crippen LogP contribution < -0.4 is 15.5 Å². The van der Waals surface area contributed by atoms with Crippen molar-refractivity contribution in [1.82, 2.24) is 10.6 Å². The minimum absolute atomic E-state index is 0.113. The molecule has 0 radical (unpaired) electrons. The lowest BCUT2D eigenvalue weighted by Crippen LogP contribution is -2.50. The van der Waals surface area contributed by atoms with Gasteiger partial charge in [-0.25, -0.2) is 0 Å². The van der Waals surface area contributed by atoms with Crippen LogP contribution in [0, 0.1) is 5.41 Å². The second-order valence-corrected chi connectivity index (χ2v) is 7.22. The number of carbonyl (C=O) groups is 2. The van der Waals surface area contributed by atoms with Crippen molar-refractivity contribution in [1.29, 1.82) is 0 Å². The predicted molar refractivity (Wildman–Crippen MR) is 92.3 cm³/mol. The molecule has 1 aromatic carbocycles. The first kappa shape index (κ1) is 17.3. The third-order valence-electron chi connectivity index (χ3n) is 4.08. The monoisotopic (exact) mass is 317 g/mol. The van der Waals surface area contributed by atoms with Crippen LogP contribution in [0.5, 0.6) is 0 Å². The quantitative estimate of drug-likeness (QED) is 0.892. The maximum Gasteiger partial charge on any atom is 0.242 e. The van der Waals surface area contributed by atoms with Gasteiger partial charge in [0, 0.05) is 30.2 Å². The molecule has 5 nitrogen and oxygen atoms in total. The summed E-state index contributed by atoms with van der Waals surface area (Å²) >= 11 is 0. The highest BCUT2D eigenvalue weighted by Gasteiger charge is 2.28. The van der Waals surface area contributed by atoms with E-state index in [1.165, 1.54) is 5.69 Å². The Balaban J connectivity index is 1.83. The second-order valence-electron chi connectivity index (χ2n) is 7.22. The number of nitrogens with one attached hydrogen (secondary N) is 2. The van der Waals surface area contributed by atoms with Gasteiger partial charge in [0.05, 0.1) is 0 Å². The van der Waals surface area contributed by atoms with Gasteiger partial charge in [-0.3, -0.25) is 9.59 Å². The summed E-state index contributed by atoms with van der Waals surface area (Å²) in [6.45, 7) is 8.96. The smallest absolute Gasteiger partial charge is 0.242 e. The first-order valence-corrected chi connectivity index (χ1v) is 8.18. The van der Waals surface area contributed by atoms with Crippen LogP contribution in [0.2, 0.25) is 0 Å². The first-order chi connectivity index (χ1) is 10.8. The lowest BCUT2D eigenvalue weighted by molar-refractivity contribution is -0.133. The summed E-state index contributed by atoms with van der Waals surface area (Å²) in [6.07, 6.45) is 0.917. The lowest BCUT2D eigenvalue weighted by Gasteiger charge is -2.23. The van der Waals surface area contributed by atoms with Gasteiger partial charge in [0.25, 0.3) is 0 Å². The van der Waals surface area contributed by atoms with Gasteiger partial charge in [-0.1, -0.05) is 39.0 Å². The van der Waals surface area contributed by atoms with E-state index in [4.69, 9.17) is 0 Å². The van der Waals surface area contributed by atoms with E-state index >= 15 is 0 Å². The average molecular weight is 317 g/mol. The molecule has 2 N–H and O–H groups in total. The standard InChI is InChI=1S/C18H27N3O2/c1-13(19-17(23)18(2,3)4)16(22)20-14-10-11-21(12-14)15-8-6-5-7-9-15/h5-9,13-14H,10-12H2,1-4H3,(H,19,23)(H,20,22). The maximum atomic E-state index is 12.3. The van der Waals surface area contributed by atoms with E-state index in [9.17, 15) is 9.59 Å². The Labute approximate surface area is 138 Å². The van der Waals surface area contributed by atoms with E-state index in [-0.39, 0.29) is 17.9 Å². The Morgan fingerprint density at radius 2 is 1.87 bits per heavy atom. The van der Waals surface area contributed by atoms with E-state index in [0.29, 0.717) is 0 Å². The molecule has 0 aromatic heterocycles. The summed E-state index contributed by atoms with van der Waals surface area (Å²) in [5, 5.41) is 5.81. The van der Waals surface area contributed by atoms with Gasteiger partial charge in [0.1, 0.15) is 6.04 Å². The summed E-state index contributed by atoms with van der Waals surface area (Å²) in [4.78, 5) is 26.5. The summed E-state index contributed by atoms with van der Waals surface area (Å²) in [5.74, 6) is -0.236. The van der Waals surface area contributed by atoms with Crippen LogP contribution in [0.25, 0.3) is 0 Å². The SMILES string of the molecule is CC(NC(=O)C(C)(C)C)C(=O)NC1CCN(c2ccccc2)C1. The number of carbonyl (C=O) groups excluding carboxylic acids is 2. The normalized spacial score (nSPS) is 19.3. The van der Waals surface area contributed by atoms with Gasteiger partial charge in [-0.15, -0.1) is 0 Å². The number of amides is 2. The Morgan fingerprint density at radius 1 is 1.22 bits per heavy atom. The zero-order valence-electron chi connectivity index (χ0n) is 14.4. The molecule has 5 heteroatoms. The van der Waals surface area contributed by atoms with Crippen molar-refractivity contribution in [2.45, 2.75) is 46.2 Å². The van der Waals surface area contributed by atoms with E-state index in [0.717, 1.165) is 19.5 Å². The van der Waals surface area contributed by atoms with E-state index < -0.39 is 11.5 Å². The Hall–Kier alpha value is -2.04. The molecule has 0 saturated carbocycles. The van der Waals surface area contributed by atoms with Crippen LogP contribution in [0.3, 0.4) is 0 Å². The van der Waals surface area contributed by atoms with E-state index in [1.807, 2.05) is 39.0 Å². The van der Waals surface area contributed by atoms with Gasteiger partial charge in [0.2, 0.25) is 11.8 Å². The molecule has 1 aromatic rings. The third-order valence-corrected chi connectivity index (χ3v) is 4.08. The molecular formula is C18H27N3O2. The van der Waals surface area contributed by atoms with Crippen molar-refractivity contribution < 1.29 is 9.59 Å². The number of rotatable bonds is 4. The van der Waals surface area contributed by atoms with Crippen molar-refractivity contribution in [3.05, 3.63) is 30.3 Å². The number of hydrogen-bond donors (Lipinski definition) is 2. The molecule has 126 valence electrons. The molecule has 1 fully saturated rings. The zero-order chi connectivity index (χ0) is 17.0. The number of anilines is 1. The molecule has 0 spiro atoms. The van der Waals surface area contributed by atoms with E-state index in [1.54, 1.807) is 6.92 Å². The van der Waals surface area contributed by atoms with Crippen LogP contribution in [0.1, 0.15) is 34.1 Å². The fourth-order valence-corrected chi connectivity index (χ4v) is 2.56. The fourth-order valence-electron chi connectivity index (χ4n) is 2.56. The number of hydrogen-bond acceptors (Lipinski definition) is 3. The minimum Gasteiger partial charge on any atom is -0.369 e. The largest absolute Gasteiger partial charge is 0.369 e. The highest BCUT2D eigenvalue weighted by Crippen LogP contribution is 2.19. The molecule has 2 unspecified atom stereocenters. The van der Waals surface area contributed by atoms with Crippen molar-refractivity contribution in [3.63, 3.8) is 0 Å². The summed E-state index contributed by atoms with van der Waals surface area (Å²) in [5.41, 5.74) is 0.685. The Kier molecular flexibility index (Phi) is 5.29. The zero-order valence-corrected chi connectivity index (χ0v) is 14.4. The number of benzene rings is 1. The number of nitrogens with zero attached hydrogens (tertiary/aromatic N) is 1. The van der Waals surface area contributed by atoms with Gasteiger partial charge >= 0.3 is 0 Å². The molecule has 1 aliphatic heterocycles. The van der Waals surface area contributed by atoms with Crippen molar-refractivity contribution in [2.24, 2.45) is 5.41 Å². The molecule has 2 rings (SSSR count). The molecule has 1 heterocycles. The van der Waals surface area contributed by atoms with Gasteiger partial charge in [0.15, 0.2) is 0 Å². The summed E-state index contributed by atoms with van der Waals surface area (Å²) < 4.78 is 0. The fraction of sp³-hybridized carbons (Fsp3) is 0.556. The van der Waals surface area contributed by atoms with Crippen LogP contribution in [-0.2, 0) is 9.59 Å². The van der Waals surface area contributed by atoms with Crippen molar-refractivity contribution in [3.8, 4) is 0 Å². The summed E-state index contributed by atoms with van der Waals surface area (Å²) in [6, 6.07) is 9.80. The van der Waals surface area contributed by atoms with Gasteiger partial charge in [-0.2, -0.15) is 0 Å². The van der Waals surface area contributed by atoms with Crippen molar-refractivity contribution in [2.75, 3.05) is 18.0 Å². The van der Waals surface area contributed by atoms with Gasteiger partial charge in [-0.05, 0) is 25.5 Å². The molecule has 23 heavy (non-hydrogen) atoms. The average Bonchev–Trinajstić information content (AvgIpc) is 2.95. The molecule has 2 amide bonds. The molecule has 0 bridgehead atoms. The maximum absolute atomic E-state index is 12.3. The van der Waals surface area contributed by atoms with Gasteiger partial charge < -0.3 is 15.5 Å². The van der Waals surface area contributed by atoms with Crippen LogP contribution in [-0.4, -0.2) is 37.0 Å². The van der Waals surface area contributed by atoms with Crippen molar-refractivity contribution >= 4 is 17.5 Å². The second kappa shape index (κ2) is 7.02. The molecular weight excluding hydrogens is 290 g/mol. The van der Waals surface area contributed by atoms with Crippen LogP contribution >= 0.6 is 0 Å². The Morgan fingerprint density at radius 3 is 2.48 bits per heavy atom. The molecule has 1 saturated heterocycles. The highest BCUT2D eigenvalue weighted by atomic mass is 16.2. The minimum atomic E-state index is -0.521. The molecule has 1 aliphatic rings. The number of para-hydroxylation sites is 1. The lowest BCUT2D eigenvalue weighted by atomic mass is 9.95. The highest BCUT2D eigenvalue weighted by molar-refractivity contribution is 5.89. The predicted octanol–water partition coefficient (Wildman–Crippen LogP) is 1.93. The topological polar surface area (TPSA) is 61.4 Å². The molecule has 0 aliphatic carbocycles. The first-order valence-electron chi connectivity index (χ1n) is 8.18.